The number of carbonyl (C=O) groups excluding carboxylic acids is 1. The van der Waals surface area contributed by atoms with Gasteiger partial charge in [-0.15, -0.1) is 11.3 Å². The summed E-state index contributed by atoms with van der Waals surface area (Å²) >= 11 is 1.44. The van der Waals surface area contributed by atoms with Crippen LogP contribution in [0.15, 0.2) is 30.3 Å². The van der Waals surface area contributed by atoms with Crippen molar-refractivity contribution in [2.75, 3.05) is 13.2 Å². The van der Waals surface area contributed by atoms with Gasteiger partial charge in [0, 0.05) is 11.1 Å². The van der Waals surface area contributed by atoms with Gasteiger partial charge in [0.05, 0.1) is 11.4 Å². The number of thiophene rings is 1. The Morgan fingerprint density at radius 2 is 2.04 bits per heavy atom. The molecule has 1 aromatic carbocycles. The zero-order chi connectivity index (χ0) is 18.3. The highest BCUT2D eigenvalue weighted by Gasteiger charge is 2.23. The quantitative estimate of drug-likeness (QED) is 0.764. The molecule has 0 aliphatic carbocycles. The number of rotatable bonds is 3. The number of benzene rings is 1. The van der Waals surface area contributed by atoms with E-state index < -0.39 is 0 Å². The first-order chi connectivity index (χ1) is 12.5. The second-order valence-corrected chi connectivity index (χ2v) is 7.52. The van der Waals surface area contributed by atoms with Crippen LogP contribution >= 0.6 is 11.3 Å². The van der Waals surface area contributed by atoms with E-state index in [-0.39, 0.29) is 12.0 Å². The summed E-state index contributed by atoms with van der Waals surface area (Å²) in [6.07, 6.45) is -0.203. The lowest BCUT2D eigenvalue weighted by Gasteiger charge is -2.26. The fourth-order valence-corrected chi connectivity index (χ4v) is 4.51. The highest BCUT2D eigenvalue weighted by molar-refractivity contribution is 7.20. The third-order valence-corrected chi connectivity index (χ3v) is 5.67. The molecule has 4 rings (SSSR count). The number of amides is 1. The Morgan fingerprint density at radius 3 is 2.85 bits per heavy atom. The van der Waals surface area contributed by atoms with Gasteiger partial charge in [-0.1, -0.05) is 12.1 Å². The molecule has 1 amide bonds. The fourth-order valence-electron chi connectivity index (χ4n) is 3.29. The normalized spacial score (nSPS) is 15.9. The van der Waals surface area contributed by atoms with E-state index in [1.54, 1.807) is 0 Å². The minimum Gasteiger partial charge on any atom is -0.486 e. The van der Waals surface area contributed by atoms with Gasteiger partial charge in [0.2, 0.25) is 0 Å². The molecule has 0 unspecified atom stereocenters. The monoisotopic (exact) mass is 368 g/mol. The molecule has 6 heteroatoms. The Kier molecular flexibility index (Phi) is 4.28. The van der Waals surface area contributed by atoms with Crippen LogP contribution in [0.2, 0.25) is 0 Å². The van der Waals surface area contributed by atoms with E-state index in [9.17, 15) is 4.79 Å². The van der Waals surface area contributed by atoms with Crippen molar-refractivity contribution in [3.05, 3.63) is 52.0 Å². The van der Waals surface area contributed by atoms with Crippen molar-refractivity contribution in [1.29, 1.82) is 0 Å². The summed E-state index contributed by atoms with van der Waals surface area (Å²) in [5, 5.41) is 4.05. The largest absolute Gasteiger partial charge is 0.486 e. The molecule has 1 aliphatic rings. The van der Waals surface area contributed by atoms with Crippen molar-refractivity contribution in [2.45, 2.75) is 26.9 Å². The zero-order valence-corrected chi connectivity index (χ0v) is 15.8. The molecule has 3 heterocycles. The number of aryl methyl sites for hydroxylation is 3. The second kappa shape index (κ2) is 6.61. The number of para-hydroxylation sites is 2. The topological polar surface area (TPSA) is 60.5 Å². The van der Waals surface area contributed by atoms with Gasteiger partial charge in [-0.25, -0.2) is 4.98 Å². The molecule has 3 aromatic rings. The van der Waals surface area contributed by atoms with E-state index in [4.69, 9.17) is 9.47 Å². The molecule has 1 N–H and O–H groups in total. The van der Waals surface area contributed by atoms with Crippen LogP contribution in [-0.4, -0.2) is 30.1 Å². The van der Waals surface area contributed by atoms with E-state index in [1.165, 1.54) is 11.3 Å². The van der Waals surface area contributed by atoms with Crippen LogP contribution in [0.3, 0.4) is 0 Å². The lowest BCUT2D eigenvalue weighted by Crippen LogP contribution is -2.40. The molecule has 0 saturated carbocycles. The Morgan fingerprint density at radius 1 is 1.27 bits per heavy atom. The van der Waals surface area contributed by atoms with Crippen LogP contribution in [0.1, 0.15) is 26.5 Å². The van der Waals surface area contributed by atoms with Gasteiger partial charge in [0.15, 0.2) is 11.5 Å². The first-order valence-corrected chi connectivity index (χ1v) is 9.38. The number of pyridine rings is 1. The van der Waals surface area contributed by atoms with Gasteiger partial charge in [0.1, 0.15) is 17.5 Å². The molecule has 1 aliphatic heterocycles. The van der Waals surface area contributed by atoms with Crippen molar-refractivity contribution in [1.82, 2.24) is 10.3 Å². The summed E-state index contributed by atoms with van der Waals surface area (Å²) in [5.74, 6) is 1.36. The maximum atomic E-state index is 12.7. The molecule has 26 heavy (non-hydrogen) atoms. The minimum absolute atomic E-state index is 0.0926. The number of ether oxygens (including phenoxy) is 2. The fraction of sp³-hybridized carbons (Fsp3) is 0.300. The molecule has 0 radical (unpaired) electrons. The molecule has 5 nitrogen and oxygen atoms in total. The summed E-state index contributed by atoms with van der Waals surface area (Å²) < 4.78 is 11.6. The molecular weight excluding hydrogens is 348 g/mol. The minimum atomic E-state index is -0.203. The van der Waals surface area contributed by atoms with Gasteiger partial charge < -0.3 is 14.8 Å². The average Bonchev–Trinajstić information content (AvgIpc) is 2.96. The van der Waals surface area contributed by atoms with Crippen LogP contribution < -0.4 is 14.8 Å². The molecular formula is C20H20N2O3S. The molecule has 134 valence electrons. The predicted octanol–water partition coefficient (Wildman–Crippen LogP) is 3.79. The van der Waals surface area contributed by atoms with Crippen molar-refractivity contribution in [2.24, 2.45) is 0 Å². The number of fused-ring (bicyclic) bond motifs is 2. The molecule has 0 bridgehead atoms. The van der Waals surface area contributed by atoms with Gasteiger partial charge >= 0.3 is 0 Å². The van der Waals surface area contributed by atoms with Crippen LogP contribution in [0.25, 0.3) is 10.2 Å². The van der Waals surface area contributed by atoms with Crippen molar-refractivity contribution < 1.29 is 14.3 Å². The number of hydrogen-bond acceptors (Lipinski definition) is 5. The maximum absolute atomic E-state index is 12.7. The SMILES string of the molecule is Cc1cc(C)c2c(C)c(C(=O)NC[C@H]3COc4ccccc4O3)sc2n1. The number of hydrogen-bond donors (Lipinski definition) is 1. The highest BCUT2D eigenvalue weighted by Crippen LogP contribution is 2.33. The van der Waals surface area contributed by atoms with Gasteiger partial charge in [-0.3, -0.25) is 4.79 Å². The summed E-state index contributed by atoms with van der Waals surface area (Å²) in [7, 11) is 0. The number of nitrogens with one attached hydrogen (secondary N) is 1. The Balaban J connectivity index is 1.48. The van der Waals surface area contributed by atoms with Gasteiger partial charge in [-0.2, -0.15) is 0 Å². The third-order valence-electron chi connectivity index (χ3n) is 4.49. The van der Waals surface area contributed by atoms with E-state index in [0.29, 0.717) is 23.8 Å². The predicted molar refractivity (Wildman–Crippen MR) is 103 cm³/mol. The van der Waals surface area contributed by atoms with E-state index >= 15 is 0 Å². The smallest absolute Gasteiger partial charge is 0.261 e. The standard InChI is InChI=1S/C20H20N2O3S/c1-11-8-12(2)22-20-17(11)13(3)18(26-20)19(23)21-9-14-10-24-15-6-4-5-7-16(15)25-14/h4-8,14H,9-10H2,1-3H3,(H,21,23)/t14-/m0/s1. The molecule has 0 spiro atoms. The van der Waals surface area contributed by atoms with Gasteiger partial charge in [0.25, 0.3) is 5.91 Å². The first-order valence-electron chi connectivity index (χ1n) is 8.57. The third kappa shape index (κ3) is 3.01. The summed E-state index contributed by atoms with van der Waals surface area (Å²) in [4.78, 5) is 18.9. The van der Waals surface area contributed by atoms with E-state index in [1.807, 2.05) is 44.2 Å². The number of nitrogens with zero attached hydrogens (tertiary/aromatic N) is 1. The molecule has 0 saturated heterocycles. The average molecular weight is 368 g/mol. The zero-order valence-electron chi connectivity index (χ0n) is 15.0. The van der Waals surface area contributed by atoms with Crippen LogP contribution in [-0.2, 0) is 0 Å². The Hall–Kier alpha value is -2.60. The van der Waals surface area contributed by atoms with Crippen molar-refractivity contribution in [3.63, 3.8) is 0 Å². The highest BCUT2D eigenvalue weighted by atomic mass is 32.1. The lowest BCUT2D eigenvalue weighted by atomic mass is 10.1. The summed E-state index contributed by atoms with van der Waals surface area (Å²) in [6.45, 7) is 6.83. The Bertz CT molecular complexity index is 996. The van der Waals surface area contributed by atoms with E-state index in [0.717, 1.165) is 32.8 Å². The Labute approximate surface area is 156 Å². The van der Waals surface area contributed by atoms with Gasteiger partial charge in [-0.05, 0) is 50.1 Å². The summed E-state index contributed by atoms with van der Waals surface area (Å²) in [6, 6.07) is 9.61. The second-order valence-electron chi connectivity index (χ2n) is 6.52. The number of carbonyl (C=O) groups is 1. The lowest BCUT2D eigenvalue weighted by molar-refractivity contribution is 0.0791. The molecule has 1 atom stereocenters. The molecule has 2 aromatic heterocycles. The van der Waals surface area contributed by atoms with E-state index in [2.05, 4.69) is 17.2 Å². The van der Waals surface area contributed by atoms with Crippen LogP contribution in [0, 0.1) is 20.8 Å². The summed E-state index contributed by atoms with van der Waals surface area (Å²) in [5.41, 5.74) is 3.11. The van der Waals surface area contributed by atoms with Crippen LogP contribution in [0.5, 0.6) is 11.5 Å². The molecule has 0 fully saturated rings. The maximum Gasteiger partial charge on any atom is 0.261 e. The van der Waals surface area contributed by atoms with Crippen molar-refractivity contribution in [3.8, 4) is 11.5 Å². The number of aromatic nitrogens is 1. The first kappa shape index (κ1) is 16.8. The van der Waals surface area contributed by atoms with Crippen LogP contribution in [0.4, 0.5) is 0 Å². The van der Waals surface area contributed by atoms with Crippen molar-refractivity contribution >= 4 is 27.5 Å².